The highest BCUT2D eigenvalue weighted by Gasteiger charge is 2.19. The van der Waals surface area contributed by atoms with Crippen molar-refractivity contribution >= 4 is 5.57 Å². The summed E-state index contributed by atoms with van der Waals surface area (Å²) in [6.07, 6.45) is 6.10. The Morgan fingerprint density at radius 1 is 1.04 bits per heavy atom. The molecular weight excluding hydrogens is 325 g/mol. The van der Waals surface area contributed by atoms with Crippen LogP contribution < -0.4 is 4.74 Å². The van der Waals surface area contributed by atoms with Gasteiger partial charge >= 0.3 is 0 Å². The highest BCUT2D eigenvalue weighted by atomic mass is 19.2. The van der Waals surface area contributed by atoms with Crippen molar-refractivity contribution in [2.45, 2.75) is 32.6 Å². The standard InChI is InChI=1S/C21H21F3O/c1-3-13-4-6-14(7-5-13)16-9-8-15(12-18(16)22)17-10-11-19(25-2)21(24)20(17)23/h6,8-13H,3-5,7H2,1-2H3. The van der Waals surface area contributed by atoms with Gasteiger partial charge in [-0.3, -0.25) is 0 Å². The average Bonchev–Trinajstić information content (AvgIpc) is 2.64. The molecule has 0 bridgehead atoms. The first-order valence-corrected chi connectivity index (χ1v) is 8.56. The highest BCUT2D eigenvalue weighted by Crippen LogP contribution is 2.35. The van der Waals surface area contributed by atoms with Crippen molar-refractivity contribution in [3.63, 3.8) is 0 Å². The molecule has 0 N–H and O–H groups in total. The third-order valence-electron chi connectivity index (χ3n) is 4.99. The maximum absolute atomic E-state index is 14.6. The minimum absolute atomic E-state index is 0.0208. The number of benzene rings is 2. The van der Waals surface area contributed by atoms with Crippen LogP contribution in [0, 0.1) is 23.4 Å². The zero-order valence-corrected chi connectivity index (χ0v) is 14.4. The van der Waals surface area contributed by atoms with Crippen LogP contribution in [-0.4, -0.2) is 7.11 Å². The number of hydrogen-bond acceptors (Lipinski definition) is 1. The van der Waals surface area contributed by atoms with Gasteiger partial charge in [0.05, 0.1) is 7.11 Å². The Morgan fingerprint density at radius 3 is 2.40 bits per heavy atom. The smallest absolute Gasteiger partial charge is 0.201 e. The zero-order valence-electron chi connectivity index (χ0n) is 14.4. The minimum atomic E-state index is -1.06. The molecular formula is C21H21F3O. The van der Waals surface area contributed by atoms with Crippen LogP contribution in [0.1, 0.15) is 38.2 Å². The predicted molar refractivity (Wildman–Crippen MR) is 93.9 cm³/mol. The van der Waals surface area contributed by atoms with Crippen LogP contribution in [0.5, 0.6) is 5.75 Å². The molecule has 0 aliphatic heterocycles. The second kappa shape index (κ2) is 7.34. The maximum Gasteiger partial charge on any atom is 0.201 e. The molecule has 2 aromatic rings. The molecule has 0 radical (unpaired) electrons. The summed E-state index contributed by atoms with van der Waals surface area (Å²) in [6.45, 7) is 2.17. The Hall–Kier alpha value is -2.23. The van der Waals surface area contributed by atoms with E-state index in [0.717, 1.165) is 31.3 Å². The summed E-state index contributed by atoms with van der Waals surface area (Å²) < 4.78 is 47.5. The lowest BCUT2D eigenvalue weighted by Gasteiger charge is -2.21. The second-order valence-electron chi connectivity index (χ2n) is 6.42. The van der Waals surface area contributed by atoms with Crippen LogP contribution in [0.25, 0.3) is 16.7 Å². The van der Waals surface area contributed by atoms with Gasteiger partial charge in [-0.2, -0.15) is 4.39 Å². The molecule has 1 aliphatic rings. The first-order valence-electron chi connectivity index (χ1n) is 8.56. The lowest BCUT2D eigenvalue weighted by Crippen LogP contribution is -2.05. The van der Waals surface area contributed by atoms with E-state index in [9.17, 15) is 13.2 Å². The summed E-state index contributed by atoms with van der Waals surface area (Å²) in [5, 5.41) is 0. The molecule has 0 spiro atoms. The summed E-state index contributed by atoms with van der Waals surface area (Å²) >= 11 is 0. The Kier molecular flexibility index (Phi) is 5.16. The molecule has 3 rings (SSSR count). The van der Waals surface area contributed by atoms with Gasteiger partial charge in [0.1, 0.15) is 5.82 Å². The SMILES string of the molecule is CCC1CC=C(c2ccc(-c3ccc(OC)c(F)c3F)cc2F)CC1. The molecule has 1 nitrogen and oxygen atoms in total. The van der Waals surface area contributed by atoms with E-state index >= 15 is 0 Å². The van der Waals surface area contributed by atoms with E-state index in [0.29, 0.717) is 17.0 Å². The van der Waals surface area contributed by atoms with Crippen molar-refractivity contribution < 1.29 is 17.9 Å². The Morgan fingerprint density at radius 2 is 1.80 bits per heavy atom. The van der Waals surface area contributed by atoms with Gasteiger partial charge in [-0.25, -0.2) is 8.78 Å². The summed E-state index contributed by atoms with van der Waals surface area (Å²) in [4.78, 5) is 0. The molecule has 1 atom stereocenters. The van der Waals surface area contributed by atoms with Gasteiger partial charge in [0.15, 0.2) is 11.6 Å². The number of hydrogen-bond donors (Lipinski definition) is 0. The van der Waals surface area contributed by atoms with Crippen molar-refractivity contribution in [2.24, 2.45) is 5.92 Å². The largest absolute Gasteiger partial charge is 0.494 e. The van der Waals surface area contributed by atoms with Gasteiger partial charge in [-0.1, -0.05) is 31.6 Å². The van der Waals surface area contributed by atoms with E-state index in [-0.39, 0.29) is 11.3 Å². The molecule has 0 heterocycles. The number of allylic oxidation sites excluding steroid dienone is 2. The first-order chi connectivity index (χ1) is 12.0. The van der Waals surface area contributed by atoms with Crippen molar-refractivity contribution in [2.75, 3.05) is 7.11 Å². The van der Waals surface area contributed by atoms with Gasteiger partial charge in [-0.05, 0) is 54.5 Å². The lowest BCUT2D eigenvalue weighted by molar-refractivity contribution is 0.372. The van der Waals surface area contributed by atoms with Crippen LogP contribution in [-0.2, 0) is 0 Å². The lowest BCUT2D eigenvalue weighted by atomic mass is 9.85. The van der Waals surface area contributed by atoms with E-state index in [1.807, 2.05) is 0 Å². The van der Waals surface area contributed by atoms with E-state index in [1.54, 1.807) is 12.1 Å². The molecule has 25 heavy (non-hydrogen) atoms. The average molecular weight is 346 g/mol. The van der Waals surface area contributed by atoms with Crippen molar-refractivity contribution in [3.8, 4) is 16.9 Å². The van der Waals surface area contributed by atoms with Gasteiger partial charge < -0.3 is 4.74 Å². The minimum Gasteiger partial charge on any atom is -0.494 e. The molecule has 0 saturated heterocycles. The zero-order chi connectivity index (χ0) is 18.0. The van der Waals surface area contributed by atoms with Crippen molar-refractivity contribution in [3.05, 3.63) is 59.4 Å². The molecule has 0 aromatic heterocycles. The van der Waals surface area contributed by atoms with Gasteiger partial charge in [-0.15, -0.1) is 0 Å². The normalized spacial score (nSPS) is 17.3. The third kappa shape index (κ3) is 3.44. The molecule has 0 fully saturated rings. The quantitative estimate of drug-likeness (QED) is 0.625. The van der Waals surface area contributed by atoms with E-state index < -0.39 is 17.5 Å². The molecule has 4 heteroatoms. The van der Waals surface area contributed by atoms with Crippen LogP contribution in [0.15, 0.2) is 36.4 Å². The van der Waals surface area contributed by atoms with E-state index in [1.165, 1.54) is 25.3 Å². The fraction of sp³-hybridized carbons (Fsp3) is 0.333. The van der Waals surface area contributed by atoms with Gasteiger partial charge in [0.2, 0.25) is 5.82 Å². The maximum atomic E-state index is 14.6. The number of ether oxygens (including phenoxy) is 1. The van der Waals surface area contributed by atoms with Crippen LogP contribution in [0.3, 0.4) is 0 Å². The fourth-order valence-electron chi connectivity index (χ4n) is 3.36. The molecule has 0 saturated carbocycles. The van der Waals surface area contributed by atoms with E-state index in [4.69, 9.17) is 4.74 Å². The van der Waals surface area contributed by atoms with Crippen molar-refractivity contribution in [1.82, 2.24) is 0 Å². The third-order valence-corrected chi connectivity index (χ3v) is 4.99. The first kappa shape index (κ1) is 17.6. The molecule has 1 aliphatic carbocycles. The number of halogens is 3. The van der Waals surface area contributed by atoms with Crippen molar-refractivity contribution in [1.29, 1.82) is 0 Å². The van der Waals surface area contributed by atoms with E-state index in [2.05, 4.69) is 13.0 Å². The molecule has 1 unspecified atom stereocenters. The molecule has 2 aromatic carbocycles. The number of rotatable bonds is 4. The summed E-state index contributed by atoms with van der Waals surface area (Å²) in [7, 11) is 1.27. The topological polar surface area (TPSA) is 9.23 Å². The van der Waals surface area contributed by atoms with Crippen LogP contribution in [0.4, 0.5) is 13.2 Å². The fourth-order valence-corrected chi connectivity index (χ4v) is 3.36. The Bertz CT molecular complexity index is 811. The summed E-state index contributed by atoms with van der Waals surface area (Å²) in [5.74, 6) is -2.01. The second-order valence-corrected chi connectivity index (χ2v) is 6.42. The van der Waals surface area contributed by atoms with Gasteiger partial charge in [0.25, 0.3) is 0 Å². The monoisotopic (exact) mass is 346 g/mol. The summed E-state index contributed by atoms with van der Waals surface area (Å²) in [6, 6.07) is 7.30. The van der Waals surface area contributed by atoms with Gasteiger partial charge in [0, 0.05) is 11.1 Å². The summed E-state index contributed by atoms with van der Waals surface area (Å²) in [5.41, 5.74) is 1.87. The predicted octanol–water partition coefficient (Wildman–Crippen LogP) is 6.37. The van der Waals surface area contributed by atoms with Crippen LogP contribution >= 0.6 is 0 Å². The Balaban J connectivity index is 1.93. The van der Waals surface area contributed by atoms with Crippen LogP contribution in [0.2, 0.25) is 0 Å². The molecule has 132 valence electrons. The Labute approximate surface area is 146 Å². The highest BCUT2D eigenvalue weighted by molar-refractivity contribution is 5.72. The number of methoxy groups -OCH3 is 1. The molecule has 0 amide bonds.